The molecule has 0 unspecified atom stereocenters. The van der Waals surface area contributed by atoms with Crippen LogP contribution in [0.3, 0.4) is 0 Å². The van der Waals surface area contributed by atoms with E-state index in [2.05, 4.69) is 14.1 Å². The molecule has 1 saturated heterocycles. The van der Waals surface area contributed by atoms with Crippen LogP contribution in [0.1, 0.15) is 40.9 Å². The summed E-state index contributed by atoms with van der Waals surface area (Å²) in [5.41, 5.74) is 7.47. The molecule has 11 heteroatoms. The lowest BCUT2D eigenvalue weighted by Gasteiger charge is -2.36. The van der Waals surface area contributed by atoms with Gasteiger partial charge in [-0.1, -0.05) is 6.07 Å². The predicted molar refractivity (Wildman–Crippen MR) is 115 cm³/mol. The van der Waals surface area contributed by atoms with Gasteiger partial charge in [0.05, 0.1) is 17.3 Å². The Labute approximate surface area is 179 Å². The molecule has 0 aliphatic carbocycles. The molecule has 4 rings (SSSR count). The fourth-order valence-corrected chi connectivity index (χ4v) is 4.75. The third-order valence-electron chi connectivity index (χ3n) is 5.25. The van der Waals surface area contributed by atoms with Crippen molar-refractivity contribution in [2.75, 3.05) is 17.9 Å². The number of benzene rings is 1. The molecule has 3 heterocycles. The van der Waals surface area contributed by atoms with Crippen molar-refractivity contribution >= 4 is 27.6 Å². The molecule has 1 aromatic heterocycles. The Kier molecular flexibility index (Phi) is 5.44. The van der Waals surface area contributed by atoms with E-state index < -0.39 is 10.2 Å². The summed E-state index contributed by atoms with van der Waals surface area (Å²) in [6.07, 6.45) is 2.59. The molecule has 1 amide bonds. The van der Waals surface area contributed by atoms with Crippen molar-refractivity contribution in [2.24, 2.45) is 10.1 Å². The van der Waals surface area contributed by atoms with E-state index in [1.807, 2.05) is 0 Å². The maximum Gasteiger partial charge on any atom is 0.344 e. The second kappa shape index (κ2) is 8.06. The van der Waals surface area contributed by atoms with E-state index in [1.54, 1.807) is 36.1 Å². The maximum absolute atomic E-state index is 13.1. The number of rotatable bonds is 4. The number of ether oxygens (including phenoxy) is 1. The smallest absolute Gasteiger partial charge is 0.344 e. The van der Waals surface area contributed by atoms with Crippen LogP contribution in [0.15, 0.2) is 34.7 Å². The molecule has 4 N–H and O–H groups in total. The van der Waals surface area contributed by atoms with E-state index in [9.17, 15) is 18.3 Å². The Bertz CT molecular complexity index is 1140. The van der Waals surface area contributed by atoms with Gasteiger partial charge in [-0.15, -0.1) is 4.40 Å². The highest BCUT2D eigenvalue weighted by Gasteiger charge is 2.30. The molecule has 1 atom stereocenters. The topological polar surface area (TPSA) is 147 Å². The molecule has 2 aliphatic rings. The van der Waals surface area contributed by atoms with Gasteiger partial charge in [0.15, 0.2) is 5.84 Å². The molecular formula is C20H23N5O5S. The van der Waals surface area contributed by atoms with Crippen LogP contribution >= 0.6 is 0 Å². The summed E-state index contributed by atoms with van der Waals surface area (Å²) in [7, 11) is -3.88. The van der Waals surface area contributed by atoms with Gasteiger partial charge >= 0.3 is 10.2 Å². The monoisotopic (exact) mass is 445 g/mol. The summed E-state index contributed by atoms with van der Waals surface area (Å²) >= 11 is 0. The number of anilines is 1. The van der Waals surface area contributed by atoms with Crippen molar-refractivity contribution in [1.29, 1.82) is 0 Å². The van der Waals surface area contributed by atoms with Crippen molar-refractivity contribution in [3.8, 4) is 11.6 Å². The largest absolute Gasteiger partial charge is 0.493 e. The molecular weight excluding hydrogens is 422 g/mol. The second-order valence-corrected chi connectivity index (χ2v) is 8.88. The predicted octanol–water partition coefficient (Wildman–Crippen LogP) is 1.54. The number of aryl methyl sites for hydroxylation is 1. The number of nitrogens with one attached hydrogen (secondary N) is 1. The minimum atomic E-state index is -3.88. The quantitative estimate of drug-likeness (QED) is 0.647. The van der Waals surface area contributed by atoms with E-state index in [4.69, 9.17) is 10.5 Å². The minimum Gasteiger partial charge on any atom is -0.493 e. The van der Waals surface area contributed by atoms with E-state index in [0.717, 1.165) is 19.3 Å². The van der Waals surface area contributed by atoms with Gasteiger partial charge in [0.1, 0.15) is 12.4 Å². The highest BCUT2D eigenvalue weighted by Crippen LogP contribution is 2.31. The lowest BCUT2D eigenvalue weighted by Crippen LogP contribution is -2.46. The van der Waals surface area contributed by atoms with Crippen LogP contribution < -0.4 is 15.2 Å². The average Bonchev–Trinajstić information content (AvgIpc) is 2.70. The molecule has 1 aromatic carbocycles. The number of fused-ring (bicyclic) bond motifs is 1. The van der Waals surface area contributed by atoms with Gasteiger partial charge in [0.2, 0.25) is 5.88 Å². The number of carbonyl (C=O) groups is 1. The van der Waals surface area contributed by atoms with E-state index in [-0.39, 0.29) is 30.3 Å². The summed E-state index contributed by atoms with van der Waals surface area (Å²) < 4.78 is 35.3. The number of hydrogen-bond acceptors (Lipinski definition) is 7. The van der Waals surface area contributed by atoms with Crippen LogP contribution in [0.25, 0.3) is 0 Å². The zero-order chi connectivity index (χ0) is 22.2. The molecule has 10 nitrogen and oxygen atoms in total. The first-order valence-electron chi connectivity index (χ1n) is 9.86. The number of aromatic nitrogens is 1. The summed E-state index contributed by atoms with van der Waals surface area (Å²) in [5, 5.41) is 9.76. The first kappa shape index (κ1) is 20.9. The van der Waals surface area contributed by atoms with Gasteiger partial charge in [-0.3, -0.25) is 9.52 Å². The number of amidine groups is 1. The molecule has 2 aromatic rings. The maximum atomic E-state index is 13.1. The molecule has 0 saturated carbocycles. The summed E-state index contributed by atoms with van der Waals surface area (Å²) in [5.74, 6) is -0.153. The molecule has 31 heavy (non-hydrogen) atoms. The van der Waals surface area contributed by atoms with Crippen LogP contribution in [0.2, 0.25) is 0 Å². The van der Waals surface area contributed by atoms with Crippen molar-refractivity contribution in [3.63, 3.8) is 0 Å². The molecule has 0 bridgehead atoms. The number of pyridine rings is 1. The molecule has 0 spiro atoms. The fraction of sp³-hybridized carbons (Fsp3) is 0.350. The first-order valence-corrected chi connectivity index (χ1v) is 11.3. The number of piperidine rings is 1. The van der Waals surface area contributed by atoms with Crippen LogP contribution in [0.4, 0.5) is 5.69 Å². The van der Waals surface area contributed by atoms with Gasteiger partial charge in [0, 0.05) is 23.9 Å². The third kappa shape index (κ3) is 4.41. The average molecular weight is 446 g/mol. The van der Waals surface area contributed by atoms with Crippen molar-refractivity contribution in [2.45, 2.75) is 32.2 Å². The Morgan fingerprint density at radius 2 is 2.16 bits per heavy atom. The van der Waals surface area contributed by atoms with Gasteiger partial charge in [-0.05, 0) is 44.4 Å². The minimum absolute atomic E-state index is 0.149. The van der Waals surface area contributed by atoms with Crippen LogP contribution in [0, 0.1) is 6.92 Å². The number of carbonyl (C=O) groups excluding carboxylic acids is 1. The summed E-state index contributed by atoms with van der Waals surface area (Å²) in [6, 6.07) is 7.73. The number of hydrogen-bond donors (Lipinski definition) is 3. The number of amides is 1. The number of nitrogens with two attached hydrogens (primary N) is 1. The van der Waals surface area contributed by atoms with Crippen LogP contribution in [-0.4, -0.2) is 54.3 Å². The Balaban J connectivity index is 1.55. The van der Waals surface area contributed by atoms with E-state index in [1.165, 1.54) is 6.07 Å². The fourth-order valence-electron chi connectivity index (χ4n) is 3.91. The van der Waals surface area contributed by atoms with Crippen molar-refractivity contribution in [1.82, 2.24) is 9.88 Å². The van der Waals surface area contributed by atoms with E-state index >= 15 is 0 Å². The van der Waals surface area contributed by atoms with Crippen molar-refractivity contribution in [3.05, 3.63) is 47.2 Å². The Morgan fingerprint density at radius 1 is 1.35 bits per heavy atom. The highest BCUT2D eigenvalue weighted by atomic mass is 32.2. The summed E-state index contributed by atoms with van der Waals surface area (Å²) in [6.45, 7) is 2.50. The zero-order valence-electron chi connectivity index (χ0n) is 16.9. The Hall–Kier alpha value is -3.34. The van der Waals surface area contributed by atoms with Gasteiger partial charge in [-0.25, -0.2) is 4.98 Å². The molecule has 1 fully saturated rings. The van der Waals surface area contributed by atoms with Crippen molar-refractivity contribution < 1.29 is 23.1 Å². The number of likely N-dealkylation sites (tertiary alicyclic amines) is 1. The standard InChI is InChI=1S/C20H23N5O5S/c1-12-9-13(10-17(26)22-12)20(27)25-8-3-2-5-14(25)11-30-16-7-4-6-15-18(16)19(21)24-31(28,29)23-15/h4,6-7,9-10,14,23H,2-3,5,8,11H2,1H3,(H2,21,24)(H,22,26)/t14-/m1/s1. The Morgan fingerprint density at radius 3 is 2.94 bits per heavy atom. The lowest BCUT2D eigenvalue weighted by molar-refractivity contribution is 0.0527. The normalized spacial score (nSPS) is 19.7. The first-order chi connectivity index (χ1) is 14.7. The second-order valence-electron chi connectivity index (χ2n) is 7.55. The van der Waals surface area contributed by atoms with E-state index in [0.29, 0.717) is 34.8 Å². The molecule has 164 valence electrons. The third-order valence-corrected chi connectivity index (χ3v) is 6.16. The molecule has 2 aliphatic heterocycles. The van der Waals surface area contributed by atoms with Crippen LogP contribution in [0.5, 0.6) is 11.6 Å². The zero-order valence-corrected chi connectivity index (χ0v) is 17.7. The highest BCUT2D eigenvalue weighted by molar-refractivity contribution is 7.91. The van der Waals surface area contributed by atoms with Gasteiger partial charge < -0.3 is 20.5 Å². The number of nitrogens with zero attached hydrogens (tertiary/aromatic N) is 3. The number of aromatic hydroxyl groups is 1. The lowest BCUT2D eigenvalue weighted by atomic mass is 10.0. The van der Waals surface area contributed by atoms with Gasteiger partial charge in [-0.2, -0.15) is 8.42 Å². The SMILES string of the molecule is Cc1cc(C(=O)N2CCCC[C@@H]2COc2cccc3c2C(N)=NS(=O)(=O)N3)cc(O)n1. The van der Waals surface area contributed by atoms with Crippen LogP contribution in [-0.2, 0) is 10.2 Å². The summed E-state index contributed by atoms with van der Waals surface area (Å²) in [4.78, 5) is 18.7. The molecule has 0 radical (unpaired) electrons. The van der Waals surface area contributed by atoms with Gasteiger partial charge in [0.25, 0.3) is 5.91 Å².